The predicted octanol–water partition coefficient (Wildman–Crippen LogP) is 2.56. The lowest BCUT2D eigenvalue weighted by Gasteiger charge is -2.23. The van der Waals surface area contributed by atoms with Crippen LogP contribution in [0.25, 0.3) is 0 Å². The predicted molar refractivity (Wildman–Crippen MR) is 76.6 cm³/mol. The number of hydrogen-bond donors (Lipinski definition) is 1. The summed E-state index contributed by atoms with van der Waals surface area (Å²) in [6.45, 7) is 4.62. The molecule has 1 aliphatic rings. The number of benzene rings is 1. The second-order valence-corrected chi connectivity index (χ2v) is 5.55. The summed E-state index contributed by atoms with van der Waals surface area (Å²) in [5.41, 5.74) is 2.33. The molecule has 1 saturated heterocycles. The van der Waals surface area contributed by atoms with Crippen LogP contribution in [0.5, 0.6) is 0 Å². The zero-order valence-corrected chi connectivity index (χ0v) is 12.0. The molecule has 0 aromatic heterocycles. The van der Waals surface area contributed by atoms with Crippen molar-refractivity contribution in [3.05, 3.63) is 35.4 Å². The molecule has 1 fully saturated rings. The third-order valence-electron chi connectivity index (χ3n) is 4.06. The highest BCUT2D eigenvalue weighted by molar-refractivity contribution is 5.84. The van der Waals surface area contributed by atoms with Gasteiger partial charge in [-0.2, -0.15) is 0 Å². The summed E-state index contributed by atoms with van der Waals surface area (Å²) in [4.78, 5) is 25.0. The molecule has 108 valence electrons. The van der Waals surface area contributed by atoms with Crippen LogP contribution in [0.15, 0.2) is 24.3 Å². The number of nitrogens with zero attached hydrogens (tertiary/aromatic N) is 1. The van der Waals surface area contributed by atoms with E-state index in [-0.39, 0.29) is 11.8 Å². The zero-order valence-electron chi connectivity index (χ0n) is 12.0. The summed E-state index contributed by atoms with van der Waals surface area (Å²) in [6.07, 6.45) is 1.72. The van der Waals surface area contributed by atoms with Crippen molar-refractivity contribution in [2.45, 2.75) is 45.1 Å². The molecule has 2 atom stereocenters. The van der Waals surface area contributed by atoms with Gasteiger partial charge >= 0.3 is 5.97 Å². The minimum atomic E-state index is -0.889. The Morgan fingerprint density at radius 1 is 1.40 bits per heavy atom. The highest BCUT2D eigenvalue weighted by Gasteiger charge is 2.34. The maximum atomic E-state index is 12.3. The molecule has 4 nitrogen and oxygen atoms in total. The molecule has 0 bridgehead atoms. The van der Waals surface area contributed by atoms with Crippen molar-refractivity contribution in [2.24, 2.45) is 0 Å². The first-order valence-corrected chi connectivity index (χ1v) is 7.08. The van der Waals surface area contributed by atoms with Gasteiger partial charge in [0.2, 0.25) is 5.91 Å². The SMILES string of the molecule is Cc1ccccc1[C@H](C)CC(=O)N1CCC[C@@H]1C(=O)O. The van der Waals surface area contributed by atoms with E-state index in [4.69, 9.17) is 5.11 Å². The average Bonchev–Trinajstić information content (AvgIpc) is 2.88. The Morgan fingerprint density at radius 2 is 2.10 bits per heavy atom. The molecule has 0 spiro atoms. The molecule has 2 rings (SSSR count). The van der Waals surface area contributed by atoms with Crippen LogP contribution in [-0.2, 0) is 9.59 Å². The average molecular weight is 275 g/mol. The first-order valence-electron chi connectivity index (χ1n) is 7.08. The molecular formula is C16H21NO3. The molecule has 1 heterocycles. The van der Waals surface area contributed by atoms with E-state index in [1.807, 2.05) is 38.1 Å². The van der Waals surface area contributed by atoms with Crippen LogP contribution in [0.1, 0.15) is 43.2 Å². The first kappa shape index (κ1) is 14.6. The fourth-order valence-corrected chi connectivity index (χ4v) is 2.95. The largest absolute Gasteiger partial charge is 0.480 e. The number of carbonyl (C=O) groups is 2. The van der Waals surface area contributed by atoms with Crippen molar-refractivity contribution in [3.8, 4) is 0 Å². The quantitative estimate of drug-likeness (QED) is 0.918. The first-order chi connectivity index (χ1) is 9.50. The molecule has 0 unspecified atom stereocenters. The highest BCUT2D eigenvalue weighted by atomic mass is 16.4. The minimum absolute atomic E-state index is 0.0503. The lowest BCUT2D eigenvalue weighted by atomic mass is 9.93. The summed E-state index contributed by atoms with van der Waals surface area (Å²) >= 11 is 0. The standard InChI is InChI=1S/C16H21NO3/c1-11-6-3-4-7-13(11)12(2)10-15(18)17-9-5-8-14(17)16(19)20/h3-4,6-7,12,14H,5,8-10H2,1-2H3,(H,19,20)/t12-,14-/m1/s1. The molecule has 1 amide bonds. The van der Waals surface area contributed by atoms with Gasteiger partial charge < -0.3 is 10.0 Å². The van der Waals surface area contributed by atoms with Gasteiger partial charge in [-0.15, -0.1) is 0 Å². The fourth-order valence-electron chi connectivity index (χ4n) is 2.95. The van der Waals surface area contributed by atoms with Crippen molar-refractivity contribution in [1.82, 2.24) is 4.90 Å². The number of carboxylic acids is 1. The van der Waals surface area contributed by atoms with Crippen molar-refractivity contribution in [2.75, 3.05) is 6.54 Å². The van der Waals surface area contributed by atoms with Gasteiger partial charge in [0.1, 0.15) is 6.04 Å². The van der Waals surface area contributed by atoms with Crippen LogP contribution in [-0.4, -0.2) is 34.5 Å². The van der Waals surface area contributed by atoms with E-state index in [2.05, 4.69) is 0 Å². The molecule has 20 heavy (non-hydrogen) atoms. The van der Waals surface area contributed by atoms with Crippen LogP contribution < -0.4 is 0 Å². The molecule has 1 aromatic carbocycles. The van der Waals surface area contributed by atoms with Gasteiger partial charge in [0, 0.05) is 13.0 Å². The Hall–Kier alpha value is -1.84. The summed E-state index contributed by atoms with van der Waals surface area (Å²) in [6, 6.07) is 7.39. The maximum absolute atomic E-state index is 12.3. The number of rotatable bonds is 4. The molecular weight excluding hydrogens is 254 g/mol. The number of aliphatic carboxylic acids is 1. The third kappa shape index (κ3) is 3.00. The molecule has 4 heteroatoms. The van der Waals surface area contributed by atoms with Gasteiger partial charge in [0.25, 0.3) is 0 Å². The monoisotopic (exact) mass is 275 g/mol. The van der Waals surface area contributed by atoms with E-state index < -0.39 is 12.0 Å². The number of carboxylic acid groups (broad SMARTS) is 1. The van der Waals surface area contributed by atoms with E-state index in [9.17, 15) is 9.59 Å². The topological polar surface area (TPSA) is 57.6 Å². The third-order valence-corrected chi connectivity index (χ3v) is 4.06. The van der Waals surface area contributed by atoms with Crippen molar-refractivity contribution in [3.63, 3.8) is 0 Å². The van der Waals surface area contributed by atoms with Gasteiger partial charge in [-0.05, 0) is 36.8 Å². The summed E-state index contributed by atoms with van der Waals surface area (Å²) in [5, 5.41) is 9.13. The second-order valence-electron chi connectivity index (χ2n) is 5.55. The molecule has 0 radical (unpaired) electrons. The van der Waals surface area contributed by atoms with Gasteiger partial charge in [0.05, 0.1) is 0 Å². The van der Waals surface area contributed by atoms with Gasteiger partial charge in [0.15, 0.2) is 0 Å². The Labute approximate surface area is 119 Å². The van der Waals surface area contributed by atoms with Gasteiger partial charge in [-0.3, -0.25) is 4.79 Å². The minimum Gasteiger partial charge on any atom is -0.480 e. The normalized spacial score (nSPS) is 19.9. The molecule has 0 saturated carbocycles. The second kappa shape index (κ2) is 6.07. The smallest absolute Gasteiger partial charge is 0.326 e. The lowest BCUT2D eigenvalue weighted by Crippen LogP contribution is -2.40. The van der Waals surface area contributed by atoms with Crippen molar-refractivity contribution >= 4 is 11.9 Å². The maximum Gasteiger partial charge on any atom is 0.326 e. The summed E-state index contributed by atoms with van der Waals surface area (Å²) < 4.78 is 0. The number of amides is 1. The van der Waals surface area contributed by atoms with E-state index in [1.54, 1.807) is 0 Å². The number of carbonyl (C=O) groups excluding carboxylic acids is 1. The van der Waals surface area contributed by atoms with Crippen LogP contribution in [0.3, 0.4) is 0 Å². The Kier molecular flexibility index (Phi) is 4.42. The molecule has 1 aromatic rings. The number of hydrogen-bond acceptors (Lipinski definition) is 2. The summed E-state index contributed by atoms with van der Waals surface area (Å²) in [5.74, 6) is -0.830. The van der Waals surface area contributed by atoms with Gasteiger partial charge in [-0.1, -0.05) is 31.2 Å². The van der Waals surface area contributed by atoms with E-state index in [0.29, 0.717) is 19.4 Å². The Bertz CT molecular complexity index is 512. The number of aryl methyl sites for hydroxylation is 1. The van der Waals surface area contributed by atoms with Crippen LogP contribution >= 0.6 is 0 Å². The Balaban J connectivity index is 2.04. The van der Waals surface area contributed by atoms with Crippen molar-refractivity contribution in [1.29, 1.82) is 0 Å². The van der Waals surface area contributed by atoms with Gasteiger partial charge in [-0.25, -0.2) is 4.79 Å². The van der Waals surface area contributed by atoms with Crippen LogP contribution in [0, 0.1) is 6.92 Å². The fraction of sp³-hybridized carbons (Fsp3) is 0.500. The lowest BCUT2D eigenvalue weighted by molar-refractivity contribution is -0.148. The molecule has 1 N–H and O–H groups in total. The Morgan fingerprint density at radius 3 is 2.75 bits per heavy atom. The van der Waals surface area contributed by atoms with Crippen LogP contribution in [0.4, 0.5) is 0 Å². The summed E-state index contributed by atoms with van der Waals surface area (Å²) in [7, 11) is 0. The van der Waals surface area contributed by atoms with E-state index >= 15 is 0 Å². The van der Waals surface area contributed by atoms with E-state index in [0.717, 1.165) is 12.0 Å². The van der Waals surface area contributed by atoms with Crippen LogP contribution in [0.2, 0.25) is 0 Å². The van der Waals surface area contributed by atoms with Crippen molar-refractivity contribution < 1.29 is 14.7 Å². The zero-order chi connectivity index (χ0) is 14.7. The van der Waals surface area contributed by atoms with E-state index in [1.165, 1.54) is 10.5 Å². The molecule has 1 aliphatic heterocycles. The molecule has 0 aliphatic carbocycles. The number of likely N-dealkylation sites (tertiary alicyclic amines) is 1. The highest BCUT2D eigenvalue weighted by Crippen LogP contribution is 2.26.